The largest absolute Gasteiger partial charge is 0.493 e. The smallest absolute Gasteiger partial charge is 0.232 e. The van der Waals surface area contributed by atoms with E-state index in [0.29, 0.717) is 27.8 Å². The molecule has 38 heavy (non-hydrogen) atoms. The first-order chi connectivity index (χ1) is 18.1. The zero-order valence-electron chi connectivity index (χ0n) is 22.7. The average Bonchev–Trinajstić information content (AvgIpc) is 2.88. The summed E-state index contributed by atoms with van der Waals surface area (Å²) in [7, 11) is 5.54. The van der Waals surface area contributed by atoms with E-state index in [4.69, 9.17) is 21.1 Å². The molecule has 2 amide bonds. The quantitative estimate of drug-likeness (QED) is 0.370. The highest BCUT2D eigenvalue weighted by Gasteiger charge is 2.37. The number of halogens is 1. The van der Waals surface area contributed by atoms with Crippen LogP contribution in [0, 0.1) is 0 Å². The van der Waals surface area contributed by atoms with Crippen LogP contribution >= 0.6 is 11.6 Å². The van der Waals surface area contributed by atoms with Gasteiger partial charge in [0.15, 0.2) is 11.5 Å². The standard InChI is InChI=1S/C30H34ClN3O4/c1-7-18(2)38-27-17-24-20(15-26(27)37-6)16-28(36)34(22-13-11-21(12-14-22)33(4)5)30(24)23-9-8-10-25(31)29(23)32-19(3)35/h8-15,17-18,30H,7,16H2,1-6H3,(H,32,35). The highest BCUT2D eigenvalue weighted by atomic mass is 35.5. The Morgan fingerprint density at radius 2 is 1.84 bits per heavy atom. The first kappa shape index (κ1) is 27.3. The number of hydrogen-bond acceptors (Lipinski definition) is 5. The first-order valence-electron chi connectivity index (χ1n) is 12.7. The van der Waals surface area contributed by atoms with E-state index in [1.165, 1.54) is 6.92 Å². The van der Waals surface area contributed by atoms with Crippen molar-refractivity contribution in [3.8, 4) is 11.5 Å². The summed E-state index contributed by atoms with van der Waals surface area (Å²) in [5, 5.41) is 3.28. The third kappa shape index (κ3) is 5.43. The summed E-state index contributed by atoms with van der Waals surface area (Å²) in [5.74, 6) is 0.851. The van der Waals surface area contributed by atoms with Crippen molar-refractivity contribution in [2.45, 2.75) is 45.8 Å². The van der Waals surface area contributed by atoms with Crippen LogP contribution in [0.2, 0.25) is 5.02 Å². The number of fused-ring (bicyclic) bond motifs is 1. The number of para-hydroxylation sites is 1. The van der Waals surface area contributed by atoms with Crippen LogP contribution in [0.5, 0.6) is 11.5 Å². The summed E-state index contributed by atoms with van der Waals surface area (Å²) in [6.07, 6.45) is 0.992. The number of carbonyl (C=O) groups is 2. The fraction of sp³-hybridized carbons (Fsp3) is 0.333. The summed E-state index contributed by atoms with van der Waals surface area (Å²) < 4.78 is 11.9. The van der Waals surface area contributed by atoms with Crippen LogP contribution in [-0.2, 0) is 16.0 Å². The third-order valence-electron chi connectivity index (χ3n) is 6.78. The van der Waals surface area contributed by atoms with Crippen LogP contribution in [0.4, 0.5) is 17.1 Å². The minimum Gasteiger partial charge on any atom is -0.493 e. The topological polar surface area (TPSA) is 71.1 Å². The highest BCUT2D eigenvalue weighted by molar-refractivity contribution is 6.34. The number of nitrogens with one attached hydrogen (secondary N) is 1. The number of nitrogens with zero attached hydrogens (tertiary/aromatic N) is 2. The van der Waals surface area contributed by atoms with E-state index >= 15 is 0 Å². The Morgan fingerprint density at radius 1 is 1.13 bits per heavy atom. The molecule has 7 nitrogen and oxygen atoms in total. The summed E-state index contributed by atoms with van der Waals surface area (Å²) in [4.78, 5) is 29.8. The van der Waals surface area contributed by atoms with E-state index < -0.39 is 6.04 Å². The number of benzene rings is 3. The molecule has 0 fully saturated rings. The van der Waals surface area contributed by atoms with Gasteiger partial charge >= 0.3 is 0 Å². The van der Waals surface area contributed by atoms with Gasteiger partial charge < -0.3 is 24.6 Å². The molecule has 2 unspecified atom stereocenters. The fourth-order valence-electron chi connectivity index (χ4n) is 4.70. The molecule has 3 aromatic rings. The fourth-order valence-corrected chi connectivity index (χ4v) is 4.93. The lowest BCUT2D eigenvalue weighted by molar-refractivity contribution is -0.118. The van der Waals surface area contributed by atoms with Crippen molar-refractivity contribution in [3.63, 3.8) is 0 Å². The second kappa shape index (κ2) is 11.4. The summed E-state index contributed by atoms with van der Waals surface area (Å²) in [5.41, 5.74) is 4.66. The van der Waals surface area contributed by atoms with Gasteiger partial charge in [0, 0.05) is 38.0 Å². The summed E-state index contributed by atoms with van der Waals surface area (Å²) >= 11 is 6.60. The van der Waals surface area contributed by atoms with Crippen molar-refractivity contribution in [2.24, 2.45) is 0 Å². The van der Waals surface area contributed by atoms with Crippen LogP contribution in [0.3, 0.4) is 0 Å². The van der Waals surface area contributed by atoms with Crippen molar-refractivity contribution in [3.05, 3.63) is 76.3 Å². The lowest BCUT2D eigenvalue weighted by atomic mass is 9.86. The van der Waals surface area contributed by atoms with Gasteiger partial charge in [0.2, 0.25) is 11.8 Å². The molecule has 1 aliphatic rings. The van der Waals surface area contributed by atoms with Crippen LogP contribution in [-0.4, -0.2) is 39.1 Å². The minimum absolute atomic E-state index is 0.0265. The first-order valence-corrected chi connectivity index (χ1v) is 13.0. The van der Waals surface area contributed by atoms with Crippen LogP contribution in [0.1, 0.15) is 49.9 Å². The molecule has 0 radical (unpaired) electrons. The van der Waals surface area contributed by atoms with Gasteiger partial charge in [-0.2, -0.15) is 0 Å². The van der Waals surface area contributed by atoms with Crippen LogP contribution in [0.25, 0.3) is 0 Å². The van der Waals surface area contributed by atoms with Crippen LogP contribution in [0.15, 0.2) is 54.6 Å². The zero-order valence-corrected chi connectivity index (χ0v) is 23.4. The molecular formula is C30H34ClN3O4. The molecule has 8 heteroatoms. The van der Waals surface area contributed by atoms with E-state index in [1.807, 2.05) is 74.4 Å². The summed E-state index contributed by atoms with van der Waals surface area (Å²) in [6.45, 7) is 5.50. The number of hydrogen-bond donors (Lipinski definition) is 1. The molecule has 0 spiro atoms. The van der Waals surface area contributed by atoms with Gasteiger partial charge in [0.25, 0.3) is 0 Å². The average molecular weight is 536 g/mol. The SMILES string of the molecule is CCC(C)Oc1cc2c(cc1OC)CC(=O)N(c1ccc(N(C)C)cc1)C2c1cccc(Cl)c1NC(C)=O. The van der Waals surface area contributed by atoms with Gasteiger partial charge in [-0.3, -0.25) is 9.59 Å². The number of anilines is 3. The predicted molar refractivity (Wildman–Crippen MR) is 153 cm³/mol. The Kier molecular flexibility index (Phi) is 8.17. The number of ether oxygens (including phenoxy) is 2. The number of methoxy groups -OCH3 is 1. The monoisotopic (exact) mass is 535 g/mol. The predicted octanol–water partition coefficient (Wildman–Crippen LogP) is 6.23. The molecule has 0 aliphatic carbocycles. The van der Waals surface area contributed by atoms with Crippen LogP contribution < -0.4 is 24.6 Å². The molecular weight excluding hydrogens is 502 g/mol. The van der Waals surface area contributed by atoms with E-state index in [9.17, 15) is 9.59 Å². The Morgan fingerprint density at radius 3 is 2.45 bits per heavy atom. The maximum absolute atomic E-state index is 13.8. The van der Waals surface area contributed by atoms with Crippen molar-refractivity contribution < 1.29 is 19.1 Å². The number of rotatable bonds is 8. The molecule has 3 aromatic carbocycles. The second-order valence-corrected chi connectivity index (χ2v) is 10.1. The Balaban J connectivity index is 1.98. The normalized spacial score (nSPS) is 15.5. The lowest BCUT2D eigenvalue weighted by Gasteiger charge is -2.39. The Bertz CT molecular complexity index is 1340. The van der Waals surface area contributed by atoms with E-state index in [-0.39, 0.29) is 24.3 Å². The van der Waals surface area contributed by atoms with E-state index in [1.54, 1.807) is 18.1 Å². The van der Waals surface area contributed by atoms with Crippen molar-refractivity contribution in [1.82, 2.24) is 0 Å². The molecule has 0 aromatic heterocycles. The van der Waals surface area contributed by atoms with Gasteiger partial charge in [-0.25, -0.2) is 0 Å². The van der Waals surface area contributed by atoms with Crippen molar-refractivity contribution in [2.75, 3.05) is 36.3 Å². The van der Waals surface area contributed by atoms with Gasteiger partial charge in [-0.05, 0) is 66.9 Å². The zero-order chi connectivity index (χ0) is 27.6. The maximum atomic E-state index is 13.8. The molecule has 1 heterocycles. The van der Waals surface area contributed by atoms with Gasteiger partial charge in [0.05, 0.1) is 36.4 Å². The molecule has 0 bridgehead atoms. The Labute approximate surface area is 229 Å². The third-order valence-corrected chi connectivity index (χ3v) is 7.09. The molecule has 4 rings (SSSR count). The van der Waals surface area contributed by atoms with Crippen molar-refractivity contribution >= 4 is 40.5 Å². The van der Waals surface area contributed by atoms with Gasteiger partial charge in [-0.1, -0.05) is 30.7 Å². The summed E-state index contributed by atoms with van der Waals surface area (Å²) in [6, 6.07) is 16.6. The second-order valence-electron chi connectivity index (χ2n) is 9.68. The van der Waals surface area contributed by atoms with Gasteiger partial charge in [-0.15, -0.1) is 0 Å². The minimum atomic E-state index is -0.567. The van der Waals surface area contributed by atoms with Crippen molar-refractivity contribution in [1.29, 1.82) is 0 Å². The number of amides is 2. The molecule has 1 N–H and O–H groups in total. The molecule has 0 saturated heterocycles. The van der Waals surface area contributed by atoms with E-state index in [0.717, 1.165) is 28.9 Å². The molecule has 2 atom stereocenters. The molecule has 200 valence electrons. The van der Waals surface area contributed by atoms with E-state index in [2.05, 4.69) is 12.2 Å². The Hall–Kier alpha value is -3.71. The maximum Gasteiger partial charge on any atom is 0.232 e. The number of carbonyl (C=O) groups excluding carboxylic acids is 2. The highest BCUT2D eigenvalue weighted by Crippen LogP contribution is 2.46. The molecule has 0 saturated carbocycles. The molecule has 1 aliphatic heterocycles. The van der Waals surface area contributed by atoms with Gasteiger partial charge in [0.1, 0.15) is 0 Å². The lowest BCUT2D eigenvalue weighted by Crippen LogP contribution is -2.41.